The van der Waals surface area contributed by atoms with E-state index in [0.29, 0.717) is 35.8 Å². The Morgan fingerprint density at radius 2 is 1.93 bits per heavy atom. The van der Waals surface area contributed by atoms with Crippen LogP contribution in [0, 0.1) is 5.41 Å². The van der Waals surface area contributed by atoms with Crippen LogP contribution in [0.3, 0.4) is 0 Å². The molecule has 6 heterocycles. The number of pyridine rings is 1. The molecule has 6 rings (SSSR count). The standard InChI is InChI=1S/C32H40N8O2S/c1-6-37(7-2)21(3)17-33-30(41)22-15-25(23-18-34-40-13-10-24(36-29(23)40)27-9-8-14-43-27)35-28(16-22)39-12-11-26(39)31(42)38-19-32(4,5)20-38/h8-10,13-16,18,21,26H,6-7,11-12,17,19-20H2,1-5H3,(H,33,41)/t21?,26-/m0/s1. The molecule has 2 aliphatic heterocycles. The van der Waals surface area contributed by atoms with E-state index in [0.717, 1.165) is 48.7 Å². The third-order valence-electron chi connectivity index (χ3n) is 8.63. The maximum Gasteiger partial charge on any atom is 0.251 e. The Morgan fingerprint density at radius 1 is 1.14 bits per heavy atom. The summed E-state index contributed by atoms with van der Waals surface area (Å²) in [6.45, 7) is 15.4. The number of fused-ring (bicyclic) bond motifs is 1. The Kier molecular flexibility index (Phi) is 7.95. The Balaban J connectivity index is 1.34. The number of hydrogen-bond donors (Lipinski definition) is 1. The number of likely N-dealkylation sites (tertiary alicyclic amines) is 1. The molecule has 0 radical (unpaired) electrons. The van der Waals surface area contributed by atoms with Crippen molar-refractivity contribution in [2.24, 2.45) is 5.41 Å². The number of thiophene rings is 1. The first-order chi connectivity index (χ1) is 20.7. The van der Waals surface area contributed by atoms with E-state index in [-0.39, 0.29) is 29.3 Å². The van der Waals surface area contributed by atoms with Gasteiger partial charge in [-0.25, -0.2) is 14.5 Å². The van der Waals surface area contributed by atoms with Gasteiger partial charge in [0.15, 0.2) is 5.65 Å². The monoisotopic (exact) mass is 600 g/mol. The molecule has 0 aliphatic carbocycles. The van der Waals surface area contributed by atoms with E-state index in [1.807, 2.05) is 51.7 Å². The van der Waals surface area contributed by atoms with E-state index in [1.165, 1.54) is 0 Å². The van der Waals surface area contributed by atoms with Crippen molar-refractivity contribution in [3.8, 4) is 21.8 Å². The van der Waals surface area contributed by atoms with Crippen molar-refractivity contribution >= 4 is 34.6 Å². The largest absolute Gasteiger partial charge is 0.350 e. The zero-order valence-electron chi connectivity index (χ0n) is 25.6. The van der Waals surface area contributed by atoms with Gasteiger partial charge >= 0.3 is 0 Å². The van der Waals surface area contributed by atoms with Gasteiger partial charge in [0.05, 0.1) is 28.0 Å². The highest BCUT2D eigenvalue weighted by atomic mass is 32.1. The zero-order valence-corrected chi connectivity index (χ0v) is 26.4. The Hall–Kier alpha value is -3.83. The SMILES string of the molecule is CCN(CC)C(C)CNC(=O)c1cc(-c2cnn3ccc(-c4cccs4)nc23)nc(N2CC[C@H]2C(=O)N2CC(C)(C)C2)c1. The number of rotatable bonds is 10. The molecule has 1 N–H and O–H groups in total. The molecule has 2 aliphatic rings. The minimum Gasteiger partial charge on any atom is -0.350 e. The molecule has 2 fully saturated rings. The zero-order chi connectivity index (χ0) is 30.3. The second-order valence-corrected chi connectivity index (χ2v) is 13.3. The van der Waals surface area contributed by atoms with E-state index in [9.17, 15) is 9.59 Å². The molecule has 226 valence electrons. The first-order valence-corrected chi connectivity index (χ1v) is 16.0. The molecule has 0 saturated carbocycles. The molecule has 4 aromatic rings. The van der Waals surface area contributed by atoms with Gasteiger partial charge in [-0.3, -0.25) is 14.5 Å². The molecule has 10 nitrogen and oxygen atoms in total. The number of nitrogens with zero attached hydrogens (tertiary/aromatic N) is 7. The molecule has 11 heteroatoms. The van der Waals surface area contributed by atoms with Gasteiger partial charge in [0.2, 0.25) is 5.91 Å². The minimum atomic E-state index is -0.273. The van der Waals surface area contributed by atoms with Crippen molar-refractivity contribution in [1.29, 1.82) is 0 Å². The second kappa shape index (κ2) is 11.7. The summed E-state index contributed by atoms with van der Waals surface area (Å²) in [6, 6.07) is 9.56. The Morgan fingerprint density at radius 3 is 2.58 bits per heavy atom. The van der Waals surface area contributed by atoms with Gasteiger partial charge in [-0.15, -0.1) is 11.3 Å². The van der Waals surface area contributed by atoms with Crippen LogP contribution in [0.4, 0.5) is 5.82 Å². The summed E-state index contributed by atoms with van der Waals surface area (Å²) in [4.78, 5) is 44.3. The first-order valence-electron chi connectivity index (χ1n) is 15.2. The quantitative estimate of drug-likeness (QED) is 0.288. The maximum atomic E-state index is 13.6. The van der Waals surface area contributed by atoms with Crippen LogP contribution in [0.5, 0.6) is 0 Å². The van der Waals surface area contributed by atoms with Gasteiger partial charge in [-0.05, 0) is 61.5 Å². The molecule has 43 heavy (non-hydrogen) atoms. The molecule has 0 bridgehead atoms. The van der Waals surface area contributed by atoms with Crippen LogP contribution in [-0.2, 0) is 4.79 Å². The van der Waals surface area contributed by atoms with Crippen molar-refractivity contribution in [3.05, 3.63) is 53.7 Å². The lowest BCUT2D eigenvalue weighted by atomic mass is 9.83. The smallest absolute Gasteiger partial charge is 0.251 e. The summed E-state index contributed by atoms with van der Waals surface area (Å²) in [5.41, 5.74) is 3.52. The van der Waals surface area contributed by atoms with E-state index < -0.39 is 0 Å². The van der Waals surface area contributed by atoms with Gasteiger partial charge < -0.3 is 15.1 Å². The first kappa shape index (κ1) is 29.3. The number of carbonyl (C=O) groups is 2. The predicted octanol–water partition coefficient (Wildman–Crippen LogP) is 4.43. The van der Waals surface area contributed by atoms with Crippen molar-refractivity contribution in [2.45, 2.75) is 53.1 Å². The van der Waals surface area contributed by atoms with Crippen molar-refractivity contribution in [3.63, 3.8) is 0 Å². The van der Waals surface area contributed by atoms with Crippen molar-refractivity contribution < 1.29 is 9.59 Å². The lowest BCUT2D eigenvalue weighted by Gasteiger charge is -2.50. The van der Waals surface area contributed by atoms with Crippen LogP contribution in [0.15, 0.2) is 48.1 Å². The summed E-state index contributed by atoms with van der Waals surface area (Å²) in [5, 5.41) is 9.69. The van der Waals surface area contributed by atoms with Crippen LogP contribution < -0.4 is 10.2 Å². The highest BCUT2D eigenvalue weighted by Crippen LogP contribution is 2.35. The predicted molar refractivity (Wildman–Crippen MR) is 170 cm³/mol. The number of likely N-dealkylation sites (N-methyl/N-ethyl adjacent to an activating group) is 1. The number of aromatic nitrogens is 4. The van der Waals surface area contributed by atoms with Gasteiger partial charge in [-0.2, -0.15) is 5.10 Å². The molecule has 1 unspecified atom stereocenters. The summed E-state index contributed by atoms with van der Waals surface area (Å²) in [7, 11) is 0. The number of amides is 2. The molecule has 0 aromatic carbocycles. The topological polar surface area (TPSA) is 99.0 Å². The average Bonchev–Trinajstić information content (AvgIpc) is 3.64. The fourth-order valence-electron chi connectivity index (χ4n) is 6.13. The van der Waals surface area contributed by atoms with Crippen LogP contribution in [0.1, 0.15) is 51.4 Å². The third kappa shape index (κ3) is 5.75. The molecule has 2 saturated heterocycles. The molecule has 0 spiro atoms. The fourth-order valence-corrected chi connectivity index (χ4v) is 6.83. The second-order valence-electron chi connectivity index (χ2n) is 12.4. The molecular weight excluding hydrogens is 560 g/mol. The highest BCUT2D eigenvalue weighted by molar-refractivity contribution is 7.13. The van der Waals surface area contributed by atoms with Crippen LogP contribution in [0.25, 0.3) is 27.5 Å². The Labute approximate surface area is 256 Å². The van der Waals surface area contributed by atoms with Crippen molar-refractivity contribution in [1.82, 2.24) is 34.7 Å². The lowest BCUT2D eigenvalue weighted by Crippen LogP contribution is -2.64. The average molecular weight is 601 g/mol. The summed E-state index contributed by atoms with van der Waals surface area (Å²) in [6.07, 6.45) is 4.41. The highest BCUT2D eigenvalue weighted by Gasteiger charge is 2.44. The van der Waals surface area contributed by atoms with Gasteiger partial charge in [0, 0.05) is 44.0 Å². The number of hydrogen-bond acceptors (Lipinski definition) is 8. The third-order valence-corrected chi connectivity index (χ3v) is 9.53. The van der Waals surface area contributed by atoms with Crippen LogP contribution in [-0.4, -0.2) is 92.5 Å². The maximum absolute atomic E-state index is 13.6. The minimum absolute atomic E-state index is 0.134. The lowest BCUT2D eigenvalue weighted by molar-refractivity contribution is -0.144. The number of nitrogens with one attached hydrogen (secondary N) is 1. The Bertz CT molecular complexity index is 1620. The van der Waals surface area contributed by atoms with Crippen molar-refractivity contribution in [2.75, 3.05) is 44.2 Å². The number of anilines is 1. The van der Waals surface area contributed by atoms with Crippen LogP contribution in [0.2, 0.25) is 0 Å². The van der Waals surface area contributed by atoms with E-state index >= 15 is 0 Å². The summed E-state index contributed by atoms with van der Waals surface area (Å²) < 4.78 is 1.73. The van der Waals surface area contributed by atoms with Crippen LogP contribution >= 0.6 is 11.3 Å². The summed E-state index contributed by atoms with van der Waals surface area (Å²) >= 11 is 1.63. The fraction of sp³-hybridized carbons (Fsp3) is 0.469. The van der Waals surface area contributed by atoms with Gasteiger partial charge in [0.1, 0.15) is 11.9 Å². The van der Waals surface area contributed by atoms with Gasteiger partial charge in [0.25, 0.3) is 5.91 Å². The van der Waals surface area contributed by atoms with E-state index in [2.05, 4.69) is 49.9 Å². The molecular formula is C32H40N8O2S. The summed E-state index contributed by atoms with van der Waals surface area (Å²) in [5.74, 6) is 0.591. The van der Waals surface area contributed by atoms with E-state index in [4.69, 9.17) is 9.97 Å². The molecule has 4 aromatic heterocycles. The molecule has 2 amide bonds. The molecule has 2 atom stereocenters. The normalized spacial score (nSPS) is 18.4. The van der Waals surface area contributed by atoms with E-state index in [1.54, 1.807) is 22.0 Å². The van der Waals surface area contributed by atoms with Gasteiger partial charge in [-0.1, -0.05) is 33.8 Å². The number of carbonyl (C=O) groups excluding carboxylic acids is 2.